The average Bonchev–Trinajstić information content (AvgIpc) is 2.78. The smallest absolute Gasteiger partial charge is 0.224 e. The van der Waals surface area contributed by atoms with E-state index >= 15 is 0 Å². The number of aldehydes is 1. The highest BCUT2D eigenvalue weighted by atomic mass is 16.6. The molecule has 34 heavy (non-hydrogen) atoms. The number of hydrogen-bond donors (Lipinski definition) is 1. The van der Waals surface area contributed by atoms with Crippen LogP contribution >= 0.6 is 0 Å². The summed E-state index contributed by atoms with van der Waals surface area (Å²) in [5.74, 6) is 0.281. The van der Waals surface area contributed by atoms with E-state index in [4.69, 9.17) is 24.7 Å². The Morgan fingerprint density at radius 1 is 0.853 bits per heavy atom. The van der Waals surface area contributed by atoms with E-state index in [9.17, 15) is 9.59 Å². The highest BCUT2D eigenvalue weighted by Crippen LogP contribution is 1.96. The van der Waals surface area contributed by atoms with Gasteiger partial charge in [0.2, 0.25) is 5.91 Å². The Labute approximate surface area is 209 Å². The van der Waals surface area contributed by atoms with Gasteiger partial charge in [0.1, 0.15) is 12.8 Å². The van der Waals surface area contributed by atoms with Gasteiger partial charge in [-0.1, -0.05) is 27.7 Å². The summed E-state index contributed by atoms with van der Waals surface area (Å²) in [5.41, 5.74) is 5.69. The lowest BCUT2D eigenvalue weighted by atomic mass is 10.2. The Hall–Kier alpha value is -1.10. The molecule has 0 bridgehead atoms. The molecule has 0 aliphatic rings. The SMILES string of the molecule is CC.CC(C)C=O.CC(N)CCN(C)C(=O)CCOCCOCCOCCOCC[N+](C)(C)C. The summed E-state index contributed by atoms with van der Waals surface area (Å²) >= 11 is 0. The van der Waals surface area contributed by atoms with Gasteiger partial charge in [-0.05, 0) is 13.3 Å². The fraction of sp³-hybridized carbons (Fsp3) is 0.920. The van der Waals surface area contributed by atoms with Crippen LogP contribution in [0.1, 0.15) is 47.5 Å². The molecular formula is C25H56N3O6+. The van der Waals surface area contributed by atoms with Crippen LogP contribution in [0.5, 0.6) is 0 Å². The Bertz CT molecular complexity index is 443. The van der Waals surface area contributed by atoms with Crippen molar-refractivity contribution in [2.75, 3.05) is 94.1 Å². The maximum atomic E-state index is 11.9. The van der Waals surface area contributed by atoms with Crippen molar-refractivity contribution in [3.63, 3.8) is 0 Å². The molecule has 2 N–H and O–H groups in total. The molecule has 0 aliphatic carbocycles. The molecule has 1 unspecified atom stereocenters. The molecule has 1 atom stereocenters. The molecule has 0 rings (SSSR count). The first-order chi connectivity index (χ1) is 16.0. The zero-order chi connectivity index (χ0) is 26.8. The number of ether oxygens (including phenoxy) is 4. The van der Waals surface area contributed by atoms with Gasteiger partial charge in [-0.25, -0.2) is 0 Å². The van der Waals surface area contributed by atoms with E-state index in [0.29, 0.717) is 59.2 Å². The van der Waals surface area contributed by atoms with E-state index in [1.54, 1.807) is 11.9 Å². The first-order valence-electron chi connectivity index (χ1n) is 12.6. The predicted octanol–water partition coefficient (Wildman–Crippen LogP) is 2.21. The van der Waals surface area contributed by atoms with Gasteiger partial charge in [0.05, 0.1) is 80.4 Å². The first kappa shape index (κ1) is 37.4. The van der Waals surface area contributed by atoms with Crippen LogP contribution in [0.4, 0.5) is 0 Å². The van der Waals surface area contributed by atoms with Gasteiger partial charge in [-0.2, -0.15) is 0 Å². The van der Waals surface area contributed by atoms with Crippen LogP contribution in [0.2, 0.25) is 0 Å². The summed E-state index contributed by atoms with van der Waals surface area (Å²) in [4.78, 5) is 23.1. The number of hydrogen-bond acceptors (Lipinski definition) is 7. The van der Waals surface area contributed by atoms with Crippen LogP contribution in [-0.4, -0.2) is 122 Å². The Morgan fingerprint density at radius 2 is 1.24 bits per heavy atom. The monoisotopic (exact) mass is 494 g/mol. The summed E-state index contributed by atoms with van der Waals surface area (Å²) in [7, 11) is 8.21. The van der Waals surface area contributed by atoms with Gasteiger partial charge in [0.15, 0.2) is 0 Å². The molecule has 0 saturated carbocycles. The number of rotatable bonds is 19. The van der Waals surface area contributed by atoms with E-state index in [1.807, 2.05) is 34.6 Å². The third kappa shape index (κ3) is 35.5. The van der Waals surface area contributed by atoms with Crippen LogP contribution in [-0.2, 0) is 28.5 Å². The molecule has 0 fully saturated rings. The molecule has 0 radical (unpaired) electrons. The van der Waals surface area contributed by atoms with Crippen LogP contribution < -0.4 is 5.73 Å². The van der Waals surface area contributed by atoms with Crippen molar-refractivity contribution >= 4 is 12.2 Å². The second kappa shape index (κ2) is 26.5. The first-order valence-corrected chi connectivity index (χ1v) is 12.6. The second-order valence-electron chi connectivity index (χ2n) is 9.17. The summed E-state index contributed by atoms with van der Waals surface area (Å²) in [5, 5.41) is 0. The Morgan fingerprint density at radius 3 is 1.59 bits per heavy atom. The molecule has 9 nitrogen and oxygen atoms in total. The fourth-order valence-electron chi connectivity index (χ4n) is 1.97. The molecule has 0 saturated heterocycles. The molecule has 0 heterocycles. The lowest BCUT2D eigenvalue weighted by molar-refractivity contribution is -0.870. The number of nitrogens with zero attached hydrogens (tertiary/aromatic N) is 2. The molecule has 0 spiro atoms. The van der Waals surface area contributed by atoms with Gasteiger partial charge in [0.25, 0.3) is 0 Å². The molecule has 9 heteroatoms. The van der Waals surface area contributed by atoms with E-state index < -0.39 is 0 Å². The number of carbonyl (C=O) groups excluding carboxylic acids is 2. The van der Waals surface area contributed by atoms with Crippen LogP contribution in [0, 0.1) is 5.92 Å². The number of carbonyl (C=O) groups is 2. The van der Waals surface area contributed by atoms with E-state index in [0.717, 1.165) is 30.3 Å². The molecule has 0 aromatic heterocycles. The Kier molecular flexibility index (Phi) is 29.2. The van der Waals surface area contributed by atoms with Gasteiger partial charge in [-0.3, -0.25) is 4.79 Å². The molecule has 0 aromatic rings. The third-order valence-corrected chi connectivity index (χ3v) is 4.10. The quantitative estimate of drug-likeness (QED) is 0.167. The molecule has 0 aromatic carbocycles. The number of amides is 1. The predicted molar refractivity (Wildman–Crippen MR) is 139 cm³/mol. The van der Waals surface area contributed by atoms with Crippen molar-refractivity contribution in [2.45, 2.75) is 53.5 Å². The minimum atomic E-state index is 0.0774. The van der Waals surface area contributed by atoms with Gasteiger partial charge < -0.3 is 38.9 Å². The van der Waals surface area contributed by atoms with Crippen molar-refractivity contribution in [2.24, 2.45) is 11.7 Å². The van der Waals surface area contributed by atoms with E-state index in [1.165, 1.54) is 0 Å². The van der Waals surface area contributed by atoms with Gasteiger partial charge in [0, 0.05) is 25.6 Å². The van der Waals surface area contributed by atoms with Crippen LogP contribution in [0.25, 0.3) is 0 Å². The van der Waals surface area contributed by atoms with Crippen molar-refractivity contribution in [3.05, 3.63) is 0 Å². The lowest BCUT2D eigenvalue weighted by Crippen LogP contribution is -2.37. The highest BCUT2D eigenvalue weighted by molar-refractivity contribution is 5.75. The van der Waals surface area contributed by atoms with Crippen molar-refractivity contribution in [1.29, 1.82) is 0 Å². The zero-order valence-electron chi connectivity index (χ0n) is 23.6. The van der Waals surface area contributed by atoms with E-state index in [2.05, 4.69) is 21.1 Å². The number of likely N-dealkylation sites (N-methyl/N-ethyl adjacent to an activating group) is 1. The second-order valence-corrected chi connectivity index (χ2v) is 9.17. The Balaban J connectivity index is -0.00000120. The van der Waals surface area contributed by atoms with Crippen molar-refractivity contribution < 1.29 is 33.0 Å². The minimum Gasteiger partial charge on any atom is -0.379 e. The van der Waals surface area contributed by atoms with E-state index in [-0.39, 0.29) is 17.9 Å². The molecule has 1 amide bonds. The molecule has 206 valence electrons. The number of quaternary nitrogens is 1. The largest absolute Gasteiger partial charge is 0.379 e. The summed E-state index contributed by atoms with van der Waals surface area (Å²) < 4.78 is 22.7. The van der Waals surface area contributed by atoms with Crippen LogP contribution in [0.15, 0.2) is 0 Å². The number of nitrogens with two attached hydrogens (primary N) is 1. The zero-order valence-corrected chi connectivity index (χ0v) is 23.6. The molecule has 0 aliphatic heterocycles. The minimum absolute atomic E-state index is 0.0774. The van der Waals surface area contributed by atoms with Crippen LogP contribution in [0.3, 0.4) is 0 Å². The topological polar surface area (TPSA) is 100 Å². The summed E-state index contributed by atoms with van der Waals surface area (Å²) in [6, 6.07) is 0.109. The average molecular weight is 495 g/mol. The van der Waals surface area contributed by atoms with Gasteiger partial charge >= 0.3 is 0 Å². The molecular weight excluding hydrogens is 438 g/mol. The normalized spacial score (nSPS) is 11.7. The highest BCUT2D eigenvalue weighted by Gasteiger charge is 2.09. The van der Waals surface area contributed by atoms with Crippen molar-refractivity contribution in [3.8, 4) is 0 Å². The maximum Gasteiger partial charge on any atom is 0.224 e. The standard InChI is InChI=1S/C19H42N3O5.C4H8O.C2H6/c1-18(20)6-8-21(2)19(23)7-10-24-12-14-26-16-17-27-15-13-25-11-9-22(3,4)5;1-4(2)3-5;1-2/h18H,6-17,20H2,1-5H3;3-4H,1-2H3;1-2H3/q+1;;. The third-order valence-electron chi connectivity index (χ3n) is 4.10. The van der Waals surface area contributed by atoms with Gasteiger partial charge in [-0.15, -0.1) is 0 Å². The summed E-state index contributed by atoms with van der Waals surface area (Å²) in [6.07, 6.45) is 2.11. The van der Waals surface area contributed by atoms with Crippen molar-refractivity contribution in [1.82, 2.24) is 4.90 Å². The summed E-state index contributed by atoms with van der Waals surface area (Å²) in [6.45, 7) is 15.7. The maximum absolute atomic E-state index is 11.9. The fourth-order valence-corrected chi connectivity index (χ4v) is 1.97. The lowest BCUT2D eigenvalue weighted by Gasteiger charge is -2.23.